The molecule has 4 heteroatoms. The van der Waals surface area contributed by atoms with E-state index in [0.29, 0.717) is 6.42 Å². The van der Waals surface area contributed by atoms with Crippen LogP contribution >= 0.6 is 0 Å². The van der Waals surface area contributed by atoms with E-state index in [4.69, 9.17) is 14.2 Å². The third-order valence-corrected chi connectivity index (χ3v) is 2.22. The summed E-state index contributed by atoms with van der Waals surface area (Å²) in [5, 5.41) is 9.51. The van der Waals surface area contributed by atoms with Crippen LogP contribution < -0.4 is 0 Å². The highest BCUT2D eigenvalue weighted by atomic mass is 16.7. The molecule has 0 aromatic heterocycles. The molecule has 4 atom stereocenters. The van der Waals surface area contributed by atoms with Gasteiger partial charge in [-0.2, -0.15) is 0 Å². The summed E-state index contributed by atoms with van der Waals surface area (Å²) in [4.78, 5) is 0. The molecule has 4 nitrogen and oxygen atoms in total. The molecule has 0 unspecified atom stereocenters. The first-order valence-electron chi connectivity index (χ1n) is 4.08. The predicted octanol–water partition coefficient (Wildman–Crippen LogP) is 0.144. The highest BCUT2D eigenvalue weighted by Crippen LogP contribution is 2.24. The monoisotopic (exact) mass is 176 g/mol. The van der Waals surface area contributed by atoms with Crippen LogP contribution in [-0.2, 0) is 14.2 Å². The standard InChI is InChI=1S/C8H16O4/c1-5(10-2)8-6(9)4-7(11-3)12-8/h5-9H,4H2,1-3H3/t5-,6+,7-,8-/m0/s1. The molecule has 0 radical (unpaired) electrons. The van der Waals surface area contributed by atoms with Crippen LogP contribution in [0.15, 0.2) is 0 Å². The molecule has 0 aromatic rings. The minimum Gasteiger partial charge on any atom is -0.390 e. The quantitative estimate of drug-likeness (QED) is 0.664. The Morgan fingerprint density at radius 2 is 2.17 bits per heavy atom. The van der Waals surface area contributed by atoms with E-state index in [1.54, 1.807) is 14.2 Å². The van der Waals surface area contributed by atoms with Crippen LogP contribution in [0.25, 0.3) is 0 Å². The third-order valence-electron chi connectivity index (χ3n) is 2.22. The van der Waals surface area contributed by atoms with Crippen molar-refractivity contribution in [2.24, 2.45) is 0 Å². The molecule has 0 aliphatic carbocycles. The normalized spacial score (nSPS) is 38.5. The topological polar surface area (TPSA) is 47.9 Å². The van der Waals surface area contributed by atoms with Crippen molar-refractivity contribution in [2.45, 2.75) is 37.9 Å². The fourth-order valence-electron chi connectivity index (χ4n) is 1.36. The second-order valence-electron chi connectivity index (χ2n) is 3.01. The van der Waals surface area contributed by atoms with Gasteiger partial charge in [0.1, 0.15) is 6.10 Å². The molecule has 1 aliphatic rings. The zero-order valence-corrected chi connectivity index (χ0v) is 7.69. The van der Waals surface area contributed by atoms with Crippen LogP contribution in [0, 0.1) is 0 Å². The Hall–Kier alpha value is -0.160. The number of methoxy groups -OCH3 is 2. The molecule has 1 saturated heterocycles. The molecule has 1 heterocycles. The Bertz CT molecular complexity index is 139. The van der Waals surface area contributed by atoms with Crippen LogP contribution in [0.3, 0.4) is 0 Å². The van der Waals surface area contributed by atoms with Crippen LogP contribution in [0.2, 0.25) is 0 Å². The minimum absolute atomic E-state index is 0.0971. The van der Waals surface area contributed by atoms with Gasteiger partial charge in [0.05, 0.1) is 12.2 Å². The Kier molecular flexibility index (Phi) is 3.46. The average Bonchev–Trinajstić information content (AvgIpc) is 2.45. The number of hydrogen-bond acceptors (Lipinski definition) is 4. The summed E-state index contributed by atoms with van der Waals surface area (Å²) in [6, 6.07) is 0. The molecule has 0 bridgehead atoms. The molecule has 1 N–H and O–H groups in total. The molecule has 1 fully saturated rings. The van der Waals surface area contributed by atoms with Crippen molar-refractivity contribution in [2.75, 3.05) is 14.2 Å². The van der Waals surface area contributed by atoms with Gasteiger partial charge in [-0.25, -0.2) is 0 Å². The van der Waals surface area contributed by atoms with Crippen molar-refractivity contribution in [3.8, 4) is 0 Å². The maximum Gasteiger partial charge on any atom is 0.160 e. The first-order chi connectivity index (χ1) is 5.69. The summed E-state index contributed by atoms with van der Waals surface area (Å²) in [6.45, 7) is 1.87. The maximum absolute atomic E-state index is 9.51. The molecule has 0 saturated carbocycles. The van der Waals surface area contributed by atoms with Crippen LogP contribution in [0.5, 0.6) is 0 Å². The Balaban J connectivity index is 2.45. The number of aliphatic hydroxyl groups is 1. The largest absolute Gasteiger partial charge is 0.390 e. The van der Waals surface area contributed by atoms with E-state index < -0.39 is 6.10 Å². The number of ether oxygens (including phenoxy) is 3. The van der Waals surface area contributed by atoms with E-state index in [-0.39, 0.29) is 18.5 Å². The van der Waals surface area contributed by atoms with Crippen molar-refractivity contribution in [1.82, 2.24) is 0 Å². The average molecular weight is 176 g/mol. The van der Waals surface area contributed by atoms with Crippen LogP contribution in [0.1, 0.15) is 13.3 Å². The van der Waals surface area contributed by atoms with Gasteiger partial charge in [-0.15, -0.1) is 0 Å². The highest BCUT2D eigenvalue weighted by molar-refractivity contribution is 4.82. The summed E-state index contributed by atoms with van der Waals surface area (Å²) < 4.78 is 15.4. The molecule has 0 spiro atoms. The molecule has 72 valence electrons. The van der Waals surface area contributed by atoms with E-state index in [0.717, 1.165) is 0 Å². The summed E-state index contributed by atoms with van der Waals surface area (Å²) in [5.41, 5.74) is 0. The second kappa shape index (κ2) is 4.18. The zero-order chi connectivity index (χ0) is 9.14. The smallest absolute Gasteiger partial charge is 0.160 e. The Labute approximate surface area is 72.4 Å². The van der Waals surface area contributed by atoms with Crippen molar-refractivity contribution >= 4 is 0 Å². The SMILES string of the molecule is CO[C@@H]1C[C@@H](O)[C@H]([C@H](C)OC)O1. The number of hydrogen-bond donors (Lipinski definition) is 1. The summed E-state index contributed by atoms with van der Waals surface area (Å²) in [7, 11) is 3.16. The molecule has 1 aliphatic heterocycles. The molecule has 12 heavy (non-hydrogen) atoms. The lowest BCUT2D eigenvalue weighted by Crippen LogP contribution is -2.33. The van der Waals surface area contributed by atoms with Crippen molar-refractivity contribution in [1.29, 1.82) is 0 Å². The van der Waals surface area contributed by atoms with E-state index in [2.05, 4.69) is 0 Å². The second-order valence-corrected chi connectivity index (χ2v) is 3.01. The van der Waals surface area contributed by atoms with Gasteiger partial charge in [0.25, 0.3) is 0 Å². The molecule has 0 aromatic carbocycles. The van der Waals surface area contributed by atoms with Crippen molar-refractivity contribution < 1.29 is 19.3 Å². The Morgan fingerprint density at radius 1 is 1.50 bits per heavy atom. The lowest BCUT2D eigenvalue weighted by molar-refractivity contribution is -0.147. The lowest BCUT2D eigenvalue weighted by atomic mass is 10.1. The number of rotatable bonds is 3. The first kappa shape index (κ1) is 9.92. The maximum atomic E-state index is 9.51. The molecular weight excluding hydrogens is 160 g/mol. The van der Waals surface area contributed by atoms with Gasteiger partial charge in [0.2, 0.25) is 0 Å². The van der Waals surface area contributed by atoms with Crippen molar-refractivity contribution in [3.05, 3.63) is 0 Å². The summed E-state index contributed by atoms with van der Waals surface area (Å²) >= 11 is 0. The van der Waals surface area contributed by atoms with E-state index in [1.165, 1.54) is 0 Å². The van der Waals surface area contributed by atoms with Gasteiger partial charge in [-0.1, -0.05) is 0 Å². The van der Waals surface area contributed by atoms with E-state index in [9.17, 15) is 5.11 Å². The number of aliphatic hydroxyl groups excluding tert-OH is 1. The van der Waals surface area contributed by atoms with Gasteiger partial charge in [-0.05, 0) is 6.92 Å². The van der Waals surface area contributed by atoms with Gasteiger partial charge in [0.15, 0.2) is 6.29 Å². The lowest BCUT2D eigenvalue weighted by Gasteiger charge is -2.20. The van der Waals surface area contributed by atoms with E-state index in [1.807, 2.05) is 6.92 Å². The Morgan fingerprint density at radius 3 is 2.58 bits per heavy atom. The van der Waals surface area contributed by atoms with Crippen LogP contribution in [0.4, 0.5) is 0 Å². The zero-order valence-electron chi connectivity index (χ0n) is 7.69. The van der Waals surface area contributed by atoms with E-state index >= 15 is 0 Å². The van der Waals surface area contributed by atoms with Crippen molar-refractivity contribution in [3.63, 3.8) is 0 Å². The van der Waals surface area contributed by atoms with Gasteiger partial charge in [-0.3, -0.25) is 0 Å². The minimum atomic E-state index is -0.482. The molecular formula is C8H16O4. The van der Waals surface area contributed by atoms with Gasteiger partial charge in [0, 0.05) is 20.6 Å². The fraction of sp³-hybridized carbons (Fsp3) is 1.00. The predicted molar refractivity (Wildman–Crippen MR) is 42.8 cm³/mol. The summed E-state index contributed by atoms with van der Waals surface area (Å²) in [6.07, 6.45) is -0.609. The fourth-order valence-corrected chi connectivity index (χ4v) is 1.36. The third kappa shape index (κ3) is 1.95. The van der Waals surface area contributed by atoms with Gasteiger partial charge >= 0.3 is 0 Å². The highest BCUT2D eigenvalue weighted by Gasteiger charge is 2.37. The van der Waals surface area contributed by atoms with Gasteiger partial charge < -0.3 is 19.3 Å². The first-order valence-corrected chi connectivity index (χ1v) is 4.08. The molecule has 0 amide bonds. The van der Waals surface area contributed by atoms with Crippen LogP contribution in [-0.4, -0.2) is 43.9 Å². The molecule has 1 rings (SSSR count). The summed E-state index contributed by atoms with van der Waals surface area (Å²) in [5.74, 6) is 0.